The highest BCUT2D eigenvalue weighted by Gasteiger charge is 2.34. The van der Waals surface area contributed by atoms with Crippen LogP contribution in [0.2, 0.25) is 0 Å². The van der Waals surface area contributed by atoms with Crippen molar-refractivity contribution in [1.82, 2.24) is 10.2 Å². The second-order valence-corrected chi connectivity index (χ2v) is 8.46. The van der Waals surface area contributed by atoms with Gasteiger partial charge in [-0.25, -0.2) is 0 Å². The van der Waals surface area contributed by atoms with Gasteiger partial charge in [0.25, 0.3) is 0 Å². The Balaban J connectivity index is 1.27. The van der Waals surface area contributed by atoms with Crippen molar-refractivity contribution in [2.75, 3.05) is 18.4 Å². The lowest BCUT2D eigenvalue weighted by atomic mass is 9.83. The molecule has 3 amide bonds. The van der Waals surface area contributed by atoms with Gasteiger partial charge in [-0.1, -0.05) is 18.6 Å². The van der Waals surface area contributed by atoms with Gasteiger partial charge in [-0.3, -0.25) is 14.4 Å². The summed E-state index contributed by atoms with van der Waals surface area (Å²) in [5, 5.41) is 5.95. The van der Waals surface area contributed by atoms with Crippen LogP contribution in [0.3, 0.4) is 0 Å². The molecule has 28 heavy (non-hydrogen) atoms. The van der Waals surface area contributed by atoms with Crippen molar-refractivity contribution in [3.63, 3.8) is 0 Å². The molecule has 1 aromatic rings. The Hall–Kier alpha value is -2.37. The fraction of sp³-hybridized carbons (Fsp3) is 0.591. The highest BCUT2D eigenvalue weighted by Crippen LogP contribution is 2.30. The first-order valence-corrected chi connectivity index (χ1v) is 10.6. The average Bonchev–Trinajstić information content (AvgIpc) is 3.46. The van der Waals surface area contributed by atoms with Gasteiger partial charge in [-0.15, -0.1) is 0 Å². The van der Waals surface area contributed by atoms with Crippen molar-refractivity contribution < 1.29 is 14.4 Å². The van der Waals surface area contributed by atoms with Crippen LogP contribution in [0.15, 0.2) is 24.3 Å². The zero-order valence-corrected chi connectivity index (χ0v) is 16.3. The van der Waals surface area contributed by atoms with Gasteiger partial charge in [0.15, 0.2) is 0 Å². The number of carbonyl (C=O) groups excluding carboxylic acids is 3. The zero-order valence-electron chi connectivity index (χ0n) is 16.3. The molecule has 4 rings (SSSR count). The van der Waals surface area contributed by atoms with Gasteiger partial charge in [-0.2, -0.15) is 0 Å². The van der Waals surface area contributed by atoms with Crippen molar-refractivity contribution in [1.29, 1.82) is 0 Å². The number of piperidine rings is 1. The predicted octanol–water partition coefficient (Wildman–Crippen LogP) is 2.48. The molecule has 1 aromatic carbocycles. The highest BCUT2D eigenvalue weighted by molar-refractivity contribution is 5.93. The van der Waals surface area contributed by atoms with E-state index in [0.717, 1.165) is 62.7 Å². The molecule has 2 N–H and O–H groups in total. The SMILES string of the molecule is O=C(Cc1ccc(NC(=O)C2CCCN(C(=O)C3CCC3)C2)cc1)NC1CC1. The number of amides is 3. The van der Waals surface area contributed by atoms with E-state index in [1.165, 1.54) is 0 Å². The second kappa shape index (κ2) is 8.33. The molecule has 1 aliphatic heterocycles. The second-order valence-electron chi connectivity index (χ2n) is 8.46. The predicted molar refractivity (Wildman–Crippen MR) is 107 cm³/mol. The summed E-state index contributed by atoms with van der Waals surface area (Å²) in [4.78, 5) is 38.9. The van der Waals surface area contributed by atoms with Crippen LogP contribution >= 0.6 is 0 Å². The molecule has 0 radical (unpaired) electrons. The van der Waals surface area contributed by atoms with Gasteiger partial charge in [0.05, 0.1) is 12.3 Å². The number of likely N-dealkylation sites (tertiary alicyclic amines) is 1. The lowest BCUT2D eigenvalue weighted by Crippen LogP contribution is -2.47. The number of rotatable bonds is 6. The number of hydrogen-bond acceptors (Lipinski definition) is 3. The molecular formula is C22H29N3O3. The van der Waals surface area contributed by atoms with Gasteiger partial charge in [0, 0.05) is 30.7 Å². The molecule has 2 saturated carbocycles. The molecule has 1 atom stereocenters. The summed E-state index contributed by atoms with van der Waals surface area (Å²) in [6, 6.07) is 7.83. The molecule has 0 aromatic heterocycles. The Morgan fingerprint density at radius 1 is 0.929 bits per heavy atom. The first kappa shape index (κ1) is 19.0. The fourth-order valence-electron chi connectivity index (χ4n) is 3.95. The lowest BCUT2D eigenvalue weighted by molar-refractivity contribution is -0.141. The van der Waals surface area contributed by atoms with Gasteiger partial charge >= 0.3 is 0 Å². The van der Waals surface area contributed by atoms with E-state index in [9.17, 15) is 14.4 Å². The smallest absolute Gasteiger partial charge is 0.229 e. The van der Waals surface area contributed by atoms with Crippen LogP contribution in [0.5, 0.6) is 0 Å². The van der Waals surface area contributed by atoms with E-state index in [4.69, 9.17) is 0 Å². The zero-order chi connectivity index (χ0) is 19.5. The van der Waals surface area contributed by atoms with E-state index in [1.807, 2.05) is 29.2 Å². The molecule has 0 bridgehead atoms. The molecule has 3 fully saturated rings. The maximum absolute atomic E-state index is 12.7. The standard InChI is InChI=1S/C22H29N3O3/c26-20(23-18-10-11-18)13-15-6-8-19(9-7-15)24-21(27)17-5-2-12-25(14-17)22(28)16-3-1-4-16/h6-9,16-18H,1-5,10-14H2,(H,23,26)(H,24,27). The van der Waals surface area contributed by atoms with Crippen molar-refractivity contribution in [2.24, 2.45) is 11.8 Å². The first-order chi connectivity index (χ1) is 13.6. The Bertz CT molecular complexity index is 738. The van der Waals surface area contributed by atoms with Crippen LogP contribution < -0.4 is 10.6 Å². The number of anilines is 1. The lowest BCUT2D eigenvalue weighted by Gasteiger charge is -2.36. The summed E-state index contributed by atoms with van der Waals surface area (Å²) in [6.45, 7) is 1.30. The van der Waals surface area contributed by atoms with E-state index in [0.29, 0.717) is 19.0 Å². The van der Waals surface area contributed by atoms with E-state index in [-0.39, 0.29) is 29.6 Å². The number of nitrogens with zero attached hydrogens (tertiary/aromatic N) is 1. The van der Waals surface area contributed by atoms with E-state index in [1.54, 1.807) is 0 Å². The van der Waals surface area contributed by atoms with Crippen LogP contribution in [0.1, 0.15) is 50.5 Å². The number of benzene rings is 1. The molecule has 6 nitrogen and oxygen atoms in total. The van der Waals surface area contributed by atoms with Crippen LogP contribution in [-0.2, 0) is 20.8 Å². The molecule has 1 saturated heterocycles. The minimum absolute atomic E-state index is 0.0228. The van der Waals surface area contributed by atoms with E-state index < -0.39 is 0 Å². The van der Waals surface area contributed by atoms with Gasteiger partial charge in [0.2, 0.25) is 17.7 Å². The molecule has 3 aliphatic rings. The summed E-state index contributed by atoms with van der Waals surface area (Å²) in [5.74, 6) is 0.300. The highest BCUT2D eigenvalue weighted by atomic mass is 16.2. The Labute approximate surface area is 166 Å². The first-order valence-electron chi connectivity index (χ1n) is 10.6. The Kier molecular flexibility index (Phi) is 5.64. The van der Waals surface area contributed by atoms with Crippen molar-refractivity contribution in [3.8, 4) is 0 Å². The Morgan fingerprint density at radius 2 is 1.64 bits per heavy atom. The molecule has 2 aliphatic carbocycles. The maximum Gasteiger partial charge on any atom is 0.229 e. The van der Waals surface area contributed by atoms with Gasteiger partial charge < -0.3 is 15.5 Å². The molecule has 1 heterocycles. The molecule has 0 spiro atoms. The van der Waals surface area contributed by atoms with Crippen molar-refractivity contribution >= 4 is 23.4 Å². The molecule has 150 valence electrons. The van der Waals surface area contributed by atoms with Gasteiger partial charge in [-0.05, 0) is 56.2 Å². The minimum Gasteiger partial charge on any atom is -0.353 e. The fourth-order valence-corrected chi connectivity index (χ4v) is 3.95. The quantitative estimate of drug-likeness (QED) is 0.792. The summed E-state index contributed by atoms with van der Waals surface area (Å²) < 4.78 is 0. The van der Waals surface area contributed by atoms with Crippen molar-refractivity contribution in [2.45, 2.75) is 57.4 Å². The van der Waals surface area contributed by atoms with Crippen LogP contribution in [-0.4, -0.2) is 41.8 Å². The van der Waals surface area contributed by atoms with Gasteiger partial charge in [0.1, 0.15) is 0 Å². The largest absolute Gasteiger partial charge is 0.353 e. The summed E-state index contributed by atoms with van der Waals surface area (Å²) in [5.41, 5.74) is 1.67. The summed E-state index contributed by atoms with van der Waals surface area (Å²) >= 11 is 0. The molecule has 6 heteroatoms. The minimum atomic E-state index is -0.151. The van der Waals surface area contributed by atoms with Crippen LogP contribution in [0, 0.1) is 11.8 Å². The van der Waals surface area contributed by atoms with E-state index in [2.05, 4.69) is 10.6 Å². The summed E-state index contributed by atoms with van der Waals surface area (Å²) in [7, 11) is 0. The molecule has 1 unspecified atom stereocenters. The molecular weight excluding hydrogens is 354 g/mol. The van der Waals surface area contributed by atoms with E-state index >= 15 is 0 Å². The average molecular weight is 383 g/mol. The third-order valence-electron chi connectivity index (χ3n) is 6.09. The third kappa shape index (κ3) is 4.72. The maximum atomic E-state index is 12.7. The van der Waals surface area contributed by atoms with Crippen LogP contribution in [0.25, 0.3) is 0 Å². The van der Waals surface area contributed by atoms with Crippen molar-refractivity contribution in [3.05, 3.63) is 29.8 Å². The number of hydrogen-bond donors (Lipinski definition) is 2. The normalized spacial score (nSPS) is 22.3. The van der Waals surface area contributed by atoms with Crippen LogP contribution in [0.4, 0.5) is 5.69 Å². The number of nitrogens with one attached hydrogen (secondary N) is 2. The Morgan fingerprint density at radius 3 is 2.29 bits per heavy atom. The monoisotopic (exact) mass is 383 g/mol. The summed E-state index contributed by atoms with van der Waals surface area (Å²) in [6.07, 6.45) is 7.38. The third-order valence-corrected chi connectivity index (χ3v) is 6.09. The number of carbonyl (C=O) groups is 3. The topological polar surface area (TPSA) is 78.5 Å².